The number of aliphatic carboxylic acids is 1. The number of imidazole rings is 1. The molecule has 13 heteroatoms. The summed E-state index contributed by atoms with van der Waals surface area (Å²) >= 11 is 0. The summed E-state index contributed by atoms with van der Waals surface area (Å²) in [5.41, 5.74) is 16.9. The van der Waals surface area contributed by atoms with Gasteiger partial charge in [0.15, 0.2) is 0 Å². The minimum Gasteiger partial charge on any atom is -0.480 e. The Labute approximate surface area is 192 Å². The maximum atomic E-state index is 13.0. The highest BCUT2D eigenvalue weighted by Gasteiger charge is 2.29. The van der Waals surface area contributed by atoms with Gasteiger partial charge in [0.05, 0.1) is 12.9 Å². The van der Waals surface area contributed by atoms with Crippen LogP contribution < -0.4 is 33.2 Å². The van der Waals surface area contributed by atoms with Crippen LogP contribution in [0.5, 0.6) is 0 Å². The van der Waals surface area contributed by atoms with Crippen LogP contribution in [-0.4, -0.2) is 76.5 Å². The van der Waals surface area contributed by atoms with Gasteiger partial charge in [0.1, 0.15) is 18.1 Å². The van der Waals surface area contributed by atoms with Crippen molar-refractivity contribution in [3.8, 4) is 0 Å². The van der Waals surface area contributed by atoms with Crippen molar-refractivity contribution in [1.82, 2.24) is 25.9 Å². The van der Waals surface area contributed by atoms with Gasteiger partial charge in [0, 0.05) is 18.3 Å². The van der Waals surface area contributed by atoms with E-state index in [0.717, 1.165) is 0 Å². The quantitative estimate of drug-likeness (QED) is 0.115. The number of hydrogen-bond acceptors (Lipinski definition) is 8. The van der Waals surface area contributed by atoms with Gasteiger partial charge in [-0.25, -0.2) is 9.78 Å². The largest absolute Gasteiger partial charge is 0.480 e. The van der Waals surface area contributed by atoms with E-state index in [0.29, 0.717) is 44.5 Å². The molecule has 0 aliphatic carbocycles. The number of nitrogens with zero attached hydrogens (tertiary/aromatic N) is 1. The van der Waals surface area contributed by atoms with E-state index < -0.39 is 41.8 Å². The second-order valence-electron chi connectivity index (χ2n) is 7.63. The lowest BCUT2D eigenvalue weighted by atomic mass is 10.0. The van der Waals surface area contributed by atoms with Gasteiger partial charge in [0.2, 0.25) is 17.7 Å². The third-order valence-corrected chi connectivity index (χ3v) is 4.96. The maximum absolute atomic E-state index is 13.0. The van der Waals surface area contributed by atoms with E-state index in [4.69, 9.17) is 17.2 Å². The molecule has 1 aromatic heterocycles. The smallest absolute Gasteiger partial charge is 0.326 e. The highest BCUT2D eigenvalue weighted by atomic mass is 16.4. The van der Waals surface area contributed by atoms with Crippen LogP contribution in [0.15, 0.2) is 12.5 Å². The first kappa shape index (κ1) is 28.0. The fraction of sp³-hybridized carbons (Fsp3) is 0.650. The number of carbonyl (C=O) groups is 4. The molecule has 1 heterocycles. The van der Waals surface area contributed by atoms with Gasteiger partial charge in [-0.15, -0.1) is 0 Å². The summed E-state index contributed by atoms with van der Waals surface area (Å²) in [6, 6.07) is -3.11. The predicted octanol–water partition coefficient (Wildman–Crippen LogP) is -2.29. The molecule has 0 fully saturated rings. The lowest BCUT2D eigenvalue weighted by Crippen LogP contribution is -2.56. The van der Waals surface area contributed by atoms with Crippen LogP contribution in [0.1, 0.15) is 44.2 Å². The summed E-state index contributed by atoms with van der Waals surface area (Å²) in [4.78, 5) is 56.0. The summed E-state index contributed by atoms with van der Waals surface area (Å²) < 4.78 is 0. The van der Waals surface area contributed by atoms with Gasteiger partial charge in [-0.3, -0.25) is 14.4 Å². The second kappa shape index (κ2) is 15.7. The van der Waals surface area contributed by atoms with Crippen LogP contribution >= 0.6 is 0 Å². The lowest BCUT2D eigenvalue weighted by Gasteiger charge is -2.24. The van der Waals surface area contributed by atoms with E-state index in [-0.39, 0.29) is 25.8 Å². The number of amides is 3. The number of unbranched alkanes of at least 4 members (excludes halogenated alkanes) is 2. The van der Waals surface area contributed by atoms with Crippen LogP contribution in [-0.2, 0) is 25.6 Å². The first-order chi connectivity index (χ1) is 15.8. The van der Waals surface area contributed by atoms with Crippen molar-refractivity contribution in [3.63, 3.8) is 0 Å². The number of hydrogen-bond donors (Lipinski definition) is 8. The zero-order valence-corrected chi connectivity index (χ0v) is 18.7. The molecule has 0 spiro atoms. The molecule has 3 amide bonds. The summed E-state index contributed by atoms with van der Waals surface area (Å²) in [6.07, 6.45) is 5.86. The SMILES string of the molecule is NCCCC[C@H](NC(=O)[C@H](CCCCN)NC(=O)[C@H](Cc1cnc[nH]1)NC(=O)CN)C(=O)O. The Morgan fingerprint density at radius 1 is 0.879 bits per heavy atom. The summed E-state index contributed by atoms with van der Waals surface area (Å²) in [7, 11) is 0. The molecule has 0 aliphatic rings. The molecule has 0 saturated heterocycles. The van der Waals surface area contributed by atoms with Crippen molar-refractivity contribution < 1.29 is 24.3 Å². The number of nitrogens with one attached hydrogen (secondary N) is 4. The zero-order valence-electron chi connectivity index (χ0n) is 18.7. The van der Waals surface area contributed by atoms with E-state index in [1.165, 1.54) is 12.5 Å². The Bertz CT molecular complexity index is 743. The Morgan fingerprint density at radius 2 is 1.45 bits per heavy atom. The van der Waals surface area contributed by atoms with Crippen LogP contribution in [0.25, 0.3) is 0 Å². The Balaban J connectivity index is 2.92. The standard InChI is InChI=1S/C20H36N8O5/c21-7-3-1-5-14(18(30)28-15(20(32)33)6-2-4-8-22)27-19(31)16(26-17(29)10-23)9-13-11-24-12-25-13/h11-12,14-16H,1-10,21-23H2,(H,24,25)(H,26,29)(H,27,31)(H,28,30)(H,32,33)/t14-,15-,16-/m0/s1. The summed E-state index contributed by atoms with van der Waals surface area (Å²) in [6.45, 7) is 0.523. The number of H-pyrrole nitrogens is 1. The average Bonchev–Trinajstić information content (AvgIpc) is 3.30. The third kappa shape index (κ3) is 10.9. The molecule has 1 rings (SSSR count). The minimum atomic E-state index is -1.17. The van der Waals surface area contributed by atoms with E-state index in [1.54, 1.807) is 0 Å². The number of rotatable bonds is 17. The molecule has 0 aromatic carbocycles. The zero-order chi connectivity index (χ0) is 24.6. The molecular formula is C20H36N8O5. The van der Waals surface area contributed by atoms with Crippen molar-refractivity contribution in [2.24, 2.45) is 17.2 Å². The Hall–Kier alpha value is -3.03. The highest BCUT2D eigenvalue weighted by Crippen LogP contribution is 2.07. The van der Waals surface area contributed by atoms with Gasteiger partial charge in [0.25, 0.3) is 0 Å². The van der Waals surface area contributed by atoms with Crippen molar-refractivity contribution in [2.45, 2.75) is 63.1 Å². The van der Waals surface area contributed by atoms with E-state index >= 15 is 0 Å². The van der Waals surface area contributed by atoms with Gasteiger partial charge in [-0.2, -0.15) is 0 Å². The Kier molecular flexibility index (Phi) is 13.3. The molecule has 186 valence electrons. The molecule has 33 heavy (non-hydrogen) atoms. The first-order valence-electron chi connectivity index (χ1n) is 11.0. The number of carbonyl (C=O) groups excluding carboxylic acids is 3. The van der Waals surface area contributed by atoms with E-state index in [9.17, 15) is 24.3 Å². The van der Waals surface area contributed by atoms with Crippen molar-refractivity contribution in [1.29, 1.82) is 0 Å². The number of nitrogens with two attached hydrogens (primary N) is 3. The van der Waals surface area contributed by atoms with Crippen LogP contribution in [0.2, 0.25) is 0 Å². The van der Waals surface area contributed by atoms with Crippen LogP contribution in [0.4, 0.5) is 0 Å². The van der Waals surface area contributed by atoms with Gasteiger partial charge in [-0.05, 0) is 51.6 Å². The molecule has 13 nitrogen and oxygen atoms in total. The first-order valence-corrected chi connectivity index (χ1v) is 11.0. The highest BCUT2D eigenvalue weighted by molar-refractivity contribution is 5.93. The van der Waals surface area contributed by atoms with E-state index in [1.807, 2.05) is 0 Å². The van der Waals surface area contributed by atoms with Gasteiger partial charge >= 0.3 is 5.97 Å². The van der Waals surface area contributed by atoms with E-state index in [2.05, 4.69) is 25.9 Å². The van der Waals surface area contributed by atoms with Crippen molar-refractivity contribution in [2.75, 3.05) is 19.6 Å². The molecule has 0 saturated carbocycles. The predicted molar refractivity (Wildman–Crippen MR) is 121 cm³/mol. The molecule has 3 atom stereocenters. The number of aromatic amines is 1. The molecule has 0 bridgehead atoms. The fourth-order valence-electron chi connectivity index (χ4n) is 3.14. The van der Waals surface area contributed by atoms with Gasteiger partial charge in [-0.1, -0.05) is 0 Å². The van der Waals surface area contributed by atoms with Gasteiger partial charge < -0.3 is 43.2 Å². The van der Waals surface area contributed by atoms with Crippen LogP contribution in [0, 0.1) is 0 Å². The average molecular weight is 469 g/mol. The third-order valence-electron chi connectivity index (χ3n) is 4.96. The molecular weight excluding hydrogens is 432 g/mol. The molecule has 0 aliphatic heterocycles. The normalized spacial score (nSPS) is 13.5. The number of aromatic nitrogens is 2. The fourth-order valence-corrected chi connectivity index (χ4v) is 3.14. The lowest BCUT2D eigenvalue weighted by molar-refractivity contribution is -0.142. The Morgan fingerprint density at radius 3 is 1.97 bits per heavy atom. The molecule has 1 aromatic rings. The second-order valence-corrected chi connectivity index (χ2v) is 7.63. The number of carboxylic acid groups (broad SMARTS) is 1. The molecule has 11 N–H and O–H groups in total. The monoisotopic (exact) mass is 468 g/mol. The summed E-state index contributed by atoms with van der Waals surface area (Å²) in [5, 5.41) is 17.1. The summed E-state index contributed by atoms with van der Waals surface area (Å²) in [5.74, 6) is -2.93. The number of carboxylic acids is 1. The van der Waals surface area contributed by atoms with Crippen molar-refractivity contribution >= 4 is 23.7 Å². The molecule has 0 unspecified atom stereocenters. The minimum absolute atomic E-state index is 0.103. The van der Waals surface area contributed by atoms with Crippen molar-refractivity contribution in [3.05, 3.63) is 18.2 Å². The molecule has 0 radical (unpaired) electrons. The van der Waals surface area contributed by atoms with Crippen LogP contribution in [0.3, 0.4) is 0 Å². The maximum Gasteiger partial charge on any atom is 0.326 e. The topological polar surface area (TPSA) is 231 Å².